The lowest BCUT2D eigenvalue weighted by Gasteiger charge is -2.33. The summed E-state index contributed by atoms with van der Waals surface area (Å²) in [4.78, 5) is 13.6. The van der Waals surface area contributed by atoms with Gasteiger partial charge in [-0.3, -0.25) is 4.79 Å². The molecule has 1 atom stereocenters. The molecule has 1 aliphatic heterocycles. The van der Waals surface area contributed by atoms with Crippen LogP contribution in [-0.4, -0.2) is 29.9 Å². The van der Waals surface area contributed by atoms with Gasteiger partial charge in [0, 0.05) is 13.1 Å². The monoisotopic (exact) mass is 284 g/mol. The van der Waals surface area contributed by atoms with E-state index in [9.17, 15) is 4.79 Å². The van der Waals surface area contributed by atoms with Crippen molar-refractivity contribution in [2.45, 2.75) is 18.9 Å². The third-order valence-electron chi connectivity index (χ3n) is 2.78. The van der Waals surface area contributed by atoms with Crippen molar-refractivity contribution in [3.63, 3.8) is 0 Å². The summed E-state index contributed by atoms with van der Waals surface area (Å²) in [5, 5.41) is 0. The first-order valence-corrected chi connectivity index (χ1v) is 5.35. The largest absolute Gasteiger partial charge is 0.341 e. The normalized spacial score (nSPS) is 15.9. The molecule has 1 fully saturated rings. The molecule has 1 saturated heterocycles. The zero-order valence-electron chi connectivity index (χ0n) is 9.13. The van der Waals surface area contributed by atoms with Crippen molar-refractivity contribution in [3.8, 4) is 0 Å². The van der Waals surface area contributed by atoms with Crippen LogP contribution in [0.15, 0.2) is 30.3 Å². The van der Waals surface area contributed by atoms with E-state index >= 15 is 0 Å². The minimum Gasteiger partial charge on any atom is -0.341 e. The molecular weight excluding hydrogens is 268 g/mol. The highest BCUT2D eigenvalue weighted by Crippen LogP contribution is 2.10. The van der Waals surface area contributed by atoms with Crippen molar-refractivity contribution in [3.05, 3.63) is 35.9 Å². The Morgan fingerprint density at radius 3 is 2.44 bits per heavy atom. The maximum absolute atomic E-state index is 11.7. The van der Waals surface area contributed by atoms with Gasteiger partial charge in [-0.25, -0.2) is 0 Å². The van der Waals surface area contributed by atoms with Gasteiger partial charge in [-0.05, 0) is 18.4 Å². The van der Waals surface area contributed by atoms with Gasteiger partial charge >= 0.3 is 0 Å². The molecule has 0 aliphatic carbocycles. The molecule has 4 heteroatoms. The zero-order chi connectivity index (χ0) is 10.7. The number of carbonyl (C=O) groups excluding carboxylic acids is 1. The van der Waals surface area contributed by atoms with E-state index < -0.39 is 0 Å². The Hall–Kier alpha value is -0.870. The summed E-state index contributed by atoms with van der Waals surface area (Å²) >= 11 is 0. The standard InChI is InChI=1S/C12H16N2O.BrH/c13-11(12(15)14-7-4-8-14)9-10-5-2-1-3-6-10;/h1-3,5-6,11H,4,7-9,13H2;1H/t11-;/m0./s1. The summed E-state index contributed by atoms with van der Waals surface area (Å²) in [6, 6.07) is 9.53. The summed E-state index contributed by atoms with van der Waals surface area (Å²) < 4.78 is 0. The van der Waals surface area contributed by atoms with E-state index in [1.165, 1.54) is 0 Å². The number of hydrogen-bond donors (Lipinski definition) is 1. The third kappa shape index (κ3) is 3.06. The van der Waals surface area contributed by atoms with Crippen molar-refractivity contribution >= 4 is 22.9 Å². The Labute approximate surface area is 106 Å². The lowest BCUT2D eigenvalue weighted by atomic mass is 10.0. The number of rotatable bonds is 3. The fourth-order valence-corrected chi connectivity index (χ4v) is 1.73. The van der Waals surface area contributed by atoms with Crippen LogP contribution in [0.1, 0.15) is 12.0 Å². The van der Waals surface area contributed by atoms with Crippen LogP contribution in [0.2, 0.25) is 0 Å². The highest BCUT2D eigenvalue weighted by molar-refractivity contribution is 8.93. The van der Waals surface area contributed by atoms with Crippen LogP contribution in [0, 0.1) is 0 Å². The van der Waals surface area contributed by atoms with Gasteiger partial charge in [-0.15, -0.1) is 17.0 Å². The van der Waals surface area contributed by atoms with Gasteiger partial charge in [0.15, 0.2) is 0 Å². The molecule has 1 aromatic rings. The number of likely N-dealkylation sites (tertiary alicyclic amines) is 1. The van der Waals surface area contributed by atoms with E-state index in [0.717, 1.165) is 25.1 Å². The lowest BCUT2D eigenvalue weighted by Crippen LogP contribution is -2.50. The van der Waals surface area contributed by atoms with Gasteiger partial charge in [0.25, 0.3) is 0 Å². The number of hydrogen-bond acceptors (Lipinski definition) is 2. The van der Waals surface area contributed by atoms with E-state index in [2.05, 4.69) is 0 Å². The molecule has 16 heavy (non-hydrogen) atoms. The SMILES string of the molecule is Br.N[C@@H](Cc1ccccc1)C(=O)N1CCC1. The van der Waals surface area contributed by atoms with Crippen molar-refractivity contribution in [1.29, 1.82) is 0 Å². The Kier molecular flexibility index (Phi) is 4.96. The number of halogens is 1. The number of carbonyl (C=O) groups is 1. The molecule has 88 valence electrons. The molecule has 0 bridgehead atoms. The van der Waals surface area contributed by atoms with Gasteiger partial charge in [0.05, 0.1) is 6.04 Å². The Bertz CT molecular complexity index is 338. The molecule has 0 saturated carbocycles. The van der Waals surface area contributed by atoms with E-state index in [1.807, 2.05) is 35.2 Å². The summed E-state index contributed by atoms with van der Waals surface area (Å²) in [5.41, 5.74) is 6.99. The van der Waals surface area contributed by atoms with Crippen molar-refractivity contribution in [2.24, 2.45) is 5.73 Å². The number of nitrogens with two attached hydrogens (primary N) is 1. The first kappa shape index (κ1) is 13.2. The fourth-order valence-electron chi connectivity index (χ4n) is 1.73. The molecule has 1 amide bonds. The summed E-state index contributed by atoms with van der Waals surface area (Å²) in [6.07, 6.45) is 1.75. The zero-order valence-corrected chi connectivity index (χ0v) is 10.8. The van der Waals surface area contributed by atoms with Crippen LogP contribution in [0.5, 0.6) is 0 Å². The Morgan fingerprint density at radius 2 is 1.94 bits per heavy atom. The smallest absolute Gasteiger partial charge is 0.239 e. The van der Waals surface area contributed by atoms with Gasteiger partial charge < -0.3 is 10.6 Å². The number of benzene rings is 1. The summed E-state index contributed by atoms with van der Waals surface area (Å²) in [5.74, 6) is 0.0881. The maximum Gasteiger partial charge on any atom is 0.239 e. The van der Waals surface area contributed by atoms with Gasteiger partial charge in [-0.2, -0.15) is 0 Å². The Morgan fingerprint density at radius 1 is 1.31 bits per heavy atom. The van der Waals surface area contributed by atoms with Crippen LogP contribution in [0.3, 0.4) is 0 Å². The Balaban J connectivity index is 0.00000128. The highest BCUT2D eigenvalue weighted by Gasteiger charge is 2.25. The molecule has 2 N–H and O–H groups in total. The summed E-state index contributed by atoms with van der Waals surface area (Å²) in [7, 11) is 0. The average Bonchev–Trinajstić information content (AvgIpc) is 2.16. The molecule has 3 nitrogen and oxygen atoms in total. The maximum atomic E-state index is 11.7. The van der Waals surface area contributed by atoms with E-state index in [-0.39, 0.29) is 28.9 Å². The predicted octanol–water partition coefficient (Wildman–Crippen LogP) is 1.37. The minimum atomic E-state index is -0.382. The molecule has 1 heterocycles. The van der Waals surface area contributed by atoms with Crippen molar-refractivity contribution in [1.82, 2.24) is 4.90 Å². The van der Waals surface area contributed by atoms with E-state index in [0.29, 0.717) is 6.42 Å². The summed E-state index contributed by atoms with van der Waals surface area (Å²) in [6.45, 7) is 1.75. The van der Waals surface area contributed by atoms with Crippen LogP contribution in [-0.2, 0) is 11.2 Å². The first-order valence-electron chi connectivity index (χ1n) is 5.35. The molecule has 0 radical (unpaired) electrons. The molecule has 1 aliphatic rings. The second-order valence-corrected chi connectivity index (χ2v) is 3.98. The van der Waals surface area contributed by atoms with Crippen LogP contribution in [0.25, 0.3) is 0 Å². The van der Waals surface area contributed by atoms with Crippen LogP contribution in [0.4, 0.5) is 0 Å². The van der Waals surface area contributed by atoms with Crippen LogP contribution >= 0.6 is 17.0 Å². The molecule has 2 rings (SSSR count). The van der Waals surface area contributed by atoms with Gasteiger partial charge in [0.1, 0.15) is 0 Å². The average molecular weight is 285 g/mol. The van der Waals surface area contributed by atoms with E-state index in [4.69, 9.17) is 5.73 Å². The van der Waals surface area contributed by atoms with Crippen molar-refractivity contribution in [2.75, 3.05) is 13.1 Å². The predicted molar refractivity (Wildman–Crippen MR) is 69.6 cm³/mol. The topological polar surface area (TPSA) is 46.3 Å². The van der Waals surface area contributed by atoms with Crippen molar-refractivity contribution < 1.29 is 4.79 Å². The molecule has 0 aromatic heterocycles. The first-order chi connectivity index (χ1) is 7.27. The minimum absolute atomic E-state index is 0. The number of nitrogens with zero attached hydrogens (tertiary/aromatic N) is 1. The van der Waals surface area contributed by atoms with Crippen LogP contribution < -0.4 is 5.73 Å². The van der Waals surface area contributed by atoms with E-state index in [1.54, 1.807) is 0 Å². The second-order valence-electron chi connectivity index (χ2n) is 3.98. The lowest BCUT2D eigenvalue weighted by molar-refractivity contribution is -0.136. The van der Waals surface area contributed by atoms with Gasteiger partial charge in [0.2, 0.25) is 5.91 Å². The highest BCUT2D eigenvalue weighted by atomic mass is 79.9. The molecular formula is C12H17BrN2O. The second kappa shape index (κ2) is 6.01. The quantitative estimate of drug-likeness (QED) is 0.911. The molecule has 1 aromatic carbocycles. The number of amides is 1. The molecule has 0 spiro atoms. The van der Waals surface area contributed by atoms with Gasteiger partial charge in [-0.1, -0.05) is 30.3 Å². The molecule has 0 unspecified atom stereocenters. The third-order valence-corrected chi connectivity index (χ3v) is 2.78. The fraction of sp³-hybridized carbons (Fsp3) is 0.417.